The average molecular weight is 291 g/mol. The second-order valence-corrected chi connectivity index (χ2v) is 4.29. The van der Waals surface area contributed by atoms with Crippen LogP contribution in [0.4, 0.5) is 13.2 Å². The fraction of sp³-hybridized carbons (Fsp3) is 0.250. The molecule has 2 rings (SSSR count). The van der Waals surface area contributed by atoms with E-state index in [2.05, 4.69) is 5.10 Å². The van der Waals surface area contributed by atoms with Gasteiger partial charge < -0.3 is 5.11 Å². The van der Waals surface area contributed by atoms with Gasteiger partial charge in [0.05, 0.1) is 24.9 Å². The maximum absolute atomic E-state index is 12.8. The number of aliphatic hydroxyl groups is 1. The van der Waals surface area contributed by atoms with Gasteiger partial charge in [-0.2, -0.15) is 18.3 Å². The maximum Gasteiger partial charge on any atom is 0.416 e. The highest BCUT2D eigenvalue weighted by Gasteiger charge is 2.33. The van der Waals surface area contributed by atoms with Gasteiger partial charge in [-0.25, -0.2) is 4.68 Å². The Morgan fingerprint density at radius 2 is 1.89 bits per heavy atom. The van der Waals surface area contributed by atoms with E-state index in [-0.39, 0.29) is 23.9 Å². The Morgan fingerprint density at radius 1 is 1.21 bits per heavy atom. The second kappa shape index (κ2) is 5.22. The second-order valence-electron chi connectivity index (χ2n) is 3.93. The third-order valence-electron chi connectivity index (χ3n) is 2.66. The third-order valence-corrected chi connectivity index (χ3v) is 3.10. The molecule has 0 bridgehead atoms. The maximum atomic E-state index is 12.8. The summed E-state index contributed by atoms with van der Waals surface area (Å²) in [5.74, 6) is 0. The lowest BCUT2D eigenvalue weighted by Crippen LogP contribution is -2.12. The summed E-state index contributed by atoms with van der Waals surface area (Å²) < 4.78 is 39.7. The van der Waals surface area contributed by atoms with Crippen LogP contribution in [0, 0.1) is 0 Å². The summed E-state index contributed by atoms with van der Waals surface area (Å²) in [6.45, 7) is -0.408. The number of benzene rings is 1. The third kappa shape index (κ3) is 2.90. The predicted octanol–water partition coefficient (Wildman–Crippen LogP) is 3.10. The minimum Gasteiger partial charge on any atom is -0.392 e. The molecule has 7 heteroatoms. The van der Waals surface area contributed by atoms with Gasteiger partial charge in [0, 0.05) is 5.56 Å². The zero-order valence-corrected chi connectivity index (χ0v) is 10.4. The molecule has 0 atom stereocenters. The topological polar surface area (TPSA) is 38.1 Å². The molecule has 1 heterocycles. The Morgan fingerprint density at radius 3 is 2.47 bits per heavy atom. The van der Waals surface area contributed by atoms with Crippen molar-refractivity contribution >= 4 is 11.6 Å². The lowest BCUT2D eigenvalue weighted by Gasteiger charge is -2.13. The summed E-state index contributed by atoms with van der Waals surface area (Å²) in [6.07, 6.45) is -3.09. The first-order valence-corrected chi connectivity index (χ1v) is 5.77. The molecule has 0 aliphatic carbocycles. The first-order valence-electron chi connectivity index (χ1n) is 5.39. The average Bonchev–Trinajstić information content (AvgIpc) is 2.70. The molecule has 3 nitrogen and oxygen atoms in total. The molecule has 0 amide bonds. The van der Waals surface area contributed by atoms with Crippen molar-refractivity contribution in [1.82, 2.24) is 9.78 Å². The SMILES string of the molecule is OCc1cnn(Cc2ccccc2C(F)(F)F)c1Cl. The van der Waals surface area contributed by atoms with Crippen LogP contribution in [0.15, 0.2) is 30.5 Å². The molecule has 2 aromatic rings. The standard InChI is InChI=1S/C12H10ClF3N2O/c13-11-9(7-19)5-17-18(11)6-8-3-1-2-4-10(8)12(14,15)16/h1-5,19H,6-7H2. The number of hydrogen-bond acceptors (Lipinski definition) is 2. The van der Waals surface area contributed by atoms with Gasteiger partial charge in [-0.3, -0.25) is 0 Å². The van der Waals surface area contributed by atoms with Gasteiger partial charge in [-0.1, -0.05) is 29.8 Å². The Kier molecular flexibility index (Phi) is 3.82. The van der Waals surface area contributed by atoms with Crippen LogP contribution in [0.1, 0.15) is 16.7 Å². The largest absolute Gasteiger partial charge is 0.416 e. The zero-order chi connectivity index (χ0) is 14.0. The van der Waals surface area contributed by atoms with Gasteiger partial charge in [-0.15, -0.1) is 0 Å². The predicted molar refractivity (Wildman–Crippen MR) is 63.7 cm³/mol. The van der Waals surface area contributed by atoms with Crippen molar-refractivity contribution in [2.24, 2.45) is 0 Å². The van der Waals surface area contributed by atoms with Crippen LogP contribution in [-0.4, -0.2) is 14.9 Å². The molecule has 19 heavy (non-hydrogen) atoms. The van der Waals surface area contributed by atoms with Gasteiger partial charge in [0.15, 0.2) is 0 Å². The first-order chi connectivity index (χ1) is 8.93. The van der Waals surface area contributed by atoms with E-state index in [0.29, 0.717) is 5.56 Å². The minimum absolute atomic E-state index is 0.0736. The van der Waals surface area contributed by atoms with Gasteiger partial charge in [0.1, 0.15) is 5.15 Å². The Hall–Kier alpha value is -1.53. The van der Waals surface area contributed by atoms with E-state index in [1.54, 1.807) is 0 Å². The molecule has 1 N–H and O–H groups in total. The highest BCUT2D eigenvalue weighted by atomic mass is 35.5. The molecule has 0 unspecified atom stereocenters. The van der Waals surface area contributed by atoms with E-state index in [1.807, 2.05) is 0 Å². The monoisotopic (exact) mass is 290 g/mol. The van der Waals surface area contributed by atoms with Crippen LogP contribution >= 0.6 is 11.6 Å². The van der Waals surface area contributed by atoms with Gasteiger partial charge in [-0.05, 0) is 11.6 Å². The smallest absolute Gasteiger partial charge is 0.392 e. The van der Waals surface area contributed by atoms with Crippen molar-refractivity contribution in [3.05, 3.63) is 52.3 Å². The van der Waals surface area contributed by atoms with Crippen LogP contribution < -0.4 is 0 Å². The summed E-state index contributed by atoms with van der Waals surface area (Å²) in [5, 5.41) is 13.0. The molecular formula is C12H10ClF3N2O. The lowest BCUT2D eigenvalue weighted by atomic mass is 10.1. The Labute approximate surface area is 112 Å². The number of aliphatic hydroxyl groups excluding tert-OH is 1. The van der Waals surface area contributed by atoms with Crippen LogP contribution in [0.5, 0.6) is 0 Å². The van der Waals surface area contributed by atoms with Crippen molar-refractivity contribution in [3.63, 3.8) is 0 Å². The summed E-state index contributed by atoms with van der Waals surface area (Å²) >= 11 is 5.90. The molecule has 0 saturated carbocycles. The van der Waals surface area contributed by atoms with E-state index in [1.165, 1.54) is 29.1 Å². The molecule has 1 aromatic heterocycles. The summed E-state index contributed by atoms with van der Waals surface area (Å²) in [5.41, 5.74) is -0.261. The summed E-state index contributed by atoms with van der Waals surface area (Å²) in [7, 11) is 0. The van der Waals surface area contributed by atoms with Crippen molar-refractivity contribution in [3.8, 4) is 0 Å². The first kappa shape index (κ1) is 13.9. The number of hydrogen-bond donors (Lipinski definition) is 1. The van der Waals surface area contributed by atoms with Gasteiger partial charge in [0.2, 0.25) is 0 Å². The van der Waals surface area contributed by atoms with Crippen molar-refractivity contribution in [2.75, 3.05) is 0 Å². The summed E-state index contributed by atoms with van der Waals surface area (Å²) in [6, 6.07) is 5.24. The molecule has 0 aliphatic rings. The van der Waals surface area contributed by atoms with Crippen LogP contribution in [-0.2, 0) is 19.3 Å². The number of halogens is 4. The quantitative estimate of drug-likeness (QED) is 0.943. The summed E-state index contributed by atoms with van der Waals surface area (Å²) in [4.78, 5) is 0. The minimum atomic E-state index is -4.42. The number of alkyl halides is 3. The molecule has 0 aliphatic heterocycles. The van der Waals surface area contributed by atoms with Crippen LogP contribution in [0.25, 0.3) is 0 Å². The van der Waals surface area contributed by atoms with Crippen LogP contribution in [0.3, 0.4) is 0 Å². The molecule has 0 radical (unpaired) electrons. The lowest BCUT2D eigenvalue weighted by molar-refractivity contribution is -0.138. The Balaban J connectivity index is 2.36. The number of rotatable bonds is 3. The zero-order valence-electron chi connectivity index (χ0n) is 9.65. The molecule has 102 valence electrons. The Bertz CT molecular complexity index is 581. The van der Waals surface area contributed by atoms with E-state index in [9.17, 15) is 13.2 Å². The van der Waals surface area contributed by atoms with Gasteiger partial charge >= 0.3 is 6.18 Å². The number of aromatic nitrogens is 2. The molecular weight excluding hydrogens is 281 g/mol. The molecule has 1 aromatic carbocycles. The van der Waals surface area contributed by atoms with Crippen molar-refractivity contribution < 1.29 is 18.3 Å². The number of nitrogens with zero attached hydrogens (tertiary/aromatic N) is 2. The van der Waals surface area contributed by atoms with Crippen LogP contribution in [0.2, 0.25) is 5.15 Å². The van der Waals surface area contributed by atoms with Crippen molar-refractivity contribution in [1.29, 1.82) is 0 Å². The van der Waals surface area contributed by atoms with Crippen molar-refractivity contribution in [2.45, 2.75) is 19.3 Å². The van der Waals surface area contributed by atoms with Gasteiger partial charge in [0.25, 0.3) is 0 Å². The normalized spacial score (nSPS) is 11.8. The van der Waals surface area contributed by atoms with E-state index < -0.39 is 11.7 Å². The van der Waals surface area contributed by atoms with E-state index in [4.69, 9.17) is 16.7 Å². The fourth-order valence-corrected chi connectivity index (χ4v) is 1.93. The highest BCUT2D eigenvalue weighted by molar-refractivity contribution is 6.30. The van der Waals surface area contributed by atoms with E-state index in [0.717, 1.165) is 6.07 Å². The molecule has 0 spiro atoms. The highest BCUT2D eigenvalue weighted by Crippen LogP contribution is 2.32. The fourth-order valence-electron chi connectivity index (χ4n) is 1.72. The molecule has 0 saturated heterocycles. The molecule has 0 fully saturated rings. The van der Waals surface area contributed by atoms with E-state index >= 15 is 0 Å².